The smallest absolute Gasteiger partial charge is 0.231 e. The van der Waals surface area contributed by atoms with Gasteiger partial charge in [-0.2, -0.15) is 11.8 Å². The van der Waals surface area contributed by atoms with E-state index in [0.29, 0.717) is 6.79 Å². The van der Waals surface area contributed by atoms with Crippen molar-refractivity contribution in [3.63, 3.8) is 0 Å². The maximum absolute atomic E-state index is 5.42. The molecule has 0 unspecified atom stereocenters. The minimum absolute atomic E-state index is 0. The quantitative estimate of drug-likeness (QED) is 0.428. The van der Waals surface area contributed by atoms with Crippen LogP contribution in [0.3, 0.4) is 0 Å². The van der Waals surface area contributed by atoms with Gasteiger partial charge in [0, 0.05) is 37.2 Å². The zero-order valence-corrected chi connectivity index (χ0v) is 16.9. The van der Waals surface area contributed by atoms with Gasteiger partial charge in [0.25, 0.3) is 0 Å². The molecule has 0 atom stereocenters. The van der Waals surface area contributed by atoms with Gasteiger partial charge in [0.1, 0.15) is 0 Å². The molecule has 1 aromatic carbocycles. The first kappa shape index (κ1) is 18.5. The summed E-state index contributed by atoms with van der Waals surface area (Å²) in [5, 5.41) is 3.45. The normalized spacial score (nSPS) is 19.3. The molecule has 1 aromatic rings. The molecule has 3 rings (SSSR count). The first-order valence-corrected chi connectivity index (χ1v) is 8.54. The Morgan fingerprint density at radius 1 is 1.35 bits per heavy atom. The molecule has 23 heavy (non-hydrogen) atoms. The van der Waals surface area contributed by atoms with Crippen LogP contribution in [0.25, 0.3) is 0 Å². The molecular formula is C16H24IN3O2S. The number of fused-ring (bicyclic) bond motifs is 1. The summed E-state index contributed by atoms with van der Waals surface area (Å²) in [6, 6.07) is 6.05. The topological polar surface area (TPSA) is 46.1 Å². The van der Waals surface area contributed by atoms with Crippen LogP contribution < -0.4 is 14.8 Å². The number of nitrogens with zero attached hydrogens (tertiary/aromatic N) is 2. The third-order valence-electron chi connectivity index (χ3n) is 3.82. The average molecular weight is 449 g/mol. The number of thioether (sulfide) groups is 1. The molecule has 0 amide bonds. The van der Waals surface area contributed by atoms with Crippen LogP contribution in [0.5, 0.6) is 11.5 Å². The molecule has 0 bridgehead atoms. The number of hydrogen-bond acceptors (Lipinski definition) is 4. The summed E-state index contributed by atoms with van der Waals surface area (Å²) in [7, 11) is 1.84. The molecule has 128 valence electrons. The summed E-state index contributed by atoms with van der Waals surface area (Å²) in [5.41, 5.74) is 1.16. The zero-order chi connectivity index (χ0) is 15.6. The van der Waals surface area contributed by atoms with E-state index in [2.05, 4.69) is 35.1 Å². The van der Waals surface area contributed by atoms with Crippen molar-refractivity contribution in [1.29, 1.82) is 0 Å². The number of benzene rings is 1. The Morgan fingerprint density at radius 2 is 2.13 bits per heavy atom. The van der Waals surface area contributed by atoms with Crippen LogP contribution >= 0.6 is 35.7 Å². The van der Waals surface area contributed by atoms with Gasteiger partial charge in [-0.25, -0.2) is 0 Å². The number of aliphatic imine (C=N–C) groups is 1. The second kappa shape index (κ2) is 7.83. The average Bonchev–Trinajstić information content (AvgIpc) is 2.94. The summed E-state index contributed by atoms with van der Waals surface area (Å²) in [4.78, 5) is 6.77. The first-order chi connectivity index (χ1) is 10.6. The predicted molar refractivity (Wildman–Crippen MR) is 106 cm³/mol. The maximum Gasteiger partial charge on any atom is 0.231 e. The molecule has 0 saturated carbocycles. The van der Waals surface area contributed by atoms with E-state index in [0.717, 1.165) is 48.4 Å². The Morgan fingerprint density at radius 3 is 2.87 bits per heavy atom. The Kier molecular flexibility index (Phi) is 6.30. The number of guanidine groups is 1. The van der Waals surface area contributed by atoms with Crippen molar-refractivity contribution in [2.75, 3.05) is 32.7 Å². The fourth-order valence-corrected chi connectivity index (χ4v) is 3.87. The SMILES string of the molecule is CN=C(NCc1ccc2c(c1)OCO2)N1CCSC(C)(C)C1.I. The molecule has 7 heteroatoms. The van der Waals surface area contributed by atoms with E-state index in [-0.39, 0.29) is 28.7 Å². The van der Waals surface area contributed by atoms with Crippen molar-refractivity contribution < 1.29 is 9.47 Å². The molecule has 0 spiro atoms. The summed E-state index contributed by atoms with van der Waals surface area (Å²) < 4.78 is 11.0. The van der Waals surface area contributed by atoms with Gasteiger partial charge >= 0.3 is 0 Å². The van der Waals surface area contributed by atoms with Crippen molar-refractivity contribution in [3.05, 3.63) is 23.8 Å². The van der Waals surface area contributed by atoms with E-state index < -0.39 is 0 Å². The van der Waals surface area contributed by atoms with Crippen molar-refractivity contribution in [3.8, 4) is 11.5 Å². The highest BCUT2D eigenvalue weighted by Crippen LogP contribution is 2.32. The molecular weight excluding hydrogens is 425 g/mol. The molecule has 0 radical (unpaired) electrons. The highest BCUT2D eigenvalue weighted by atomic mass is 127. The number of halogens is 1. The zero-order valence-electron chi connectivity index (χ0n) is 13.8. The lowest BCUT2D eigenvalue weighted by Crippen LogP contribution is -2.50. The second-order valence-corrected chi connectivity index (χ2v) is 7.92. The summed E-state index contributed by atoms with van der Waals surface area (Å²) >= 11 is 2.03. The third-order valence-corrected chi connectivity index (χ3v) is 5.12. The molecule has 1 fully saturated rings. The predicted octanol–water partition coefficient (Wildman–Crippen LogP) is 2.94. The van der Waals surface area contributed by atoms with Gasteiger partial charge in [-0.05, 0) is 31.5 Å². The Hall–Kier alpha value is -0.830. The van der Waals surface area contributed by atoms with Crippen LogP contribution in [0.1, 0.15) is 19.4 Å². The Balaban J connectivity index is 0.00000192. The fraction of sp³-hybridized carbons (Fsp3) is 0.562. The van der Waals surface area contributed by atoms with Gasteiger partial charge < -0.3 is 19.7 Å². The second-order valence-electron chi connectivity index (χ2n) is 6.12. The van der Waals surface area contributed by atoms with Gasteiger partial charge in [-0.3, -0.25) is 4.99 Å². The van der Waals surface area contributed by atoms with E-state index in [9.17, 15) is 0 Å². The number of hydrogen-bond donors (Lipinski definition) is 1. The standard InChI is InChI=1S/C16H23N3O2S.HI/c1-16(2)10-19(6-7-22-16)15(17-3)18-9-12-4-5-13-14(8-12)21-11-20-13;/h4-5,8H,6-7,9-11H2,1-3H3,(H,17,18);1H. The van der Waals surface area contributed by atoms with Crippen molar-refractivity contribution >= 4 is 41.7 Å². The van der Waals surface area contributed by atoms with Crippen LogP contribution in [-0.4, -0.2) is 48.3 Å². The van der Waals surface area contributed by atoms with Crippen molar-refractivity contribution in [2.45, 2.75) is 25.1 Å². The molecule has 0 aliphatic carbocycles. The number of ether oxygens (including phenoxy) is 2. The Bertz CT molecular complexity index is 580. The van der Waals surface area contributed by atoms with Gasteiger partial charge in [0.05, 0.1) is 0 Å². The molecule has 1 saturated heterocycles. The monoisotopic (exact) mass is 449 g/mol. The van der Waals surface area contributed by atoms with E-state index in [4.69, 9.17) is 9.47 Å². The largest absolute Gasteiger partial charge is 0.454 e. The van der Waals surface area contributed by atoms with E-state index in [1.807, 2.05) is 30.9 Å². The van der Waals surface area contributed by atoms with Gasteiger partial charge in [-0.1, -0.05) is 6.07 Å². The molecule has 1 N–H and O–H groups in total. The summed E-state index contributed by atoms with van der Waals surface area (Å²) in [5.74, 6) is 3.75. The lowest BCUT2D eigenvalue weighted by Gasteiger charge is -2.39. The number of rotatable bonds is 2. The highest BCUT2D eigenvalue weighted by Gasteiger charge is 2.28. The fourth-order valence-electron chi connectivity index (χ4n) is 2.76. The van der Waals surface area contributed by atoms with Gasteiger partial charge in [0.2, 0.25) is 6.79 Å². The van der Waals surface area contributed by atoms with Crippen LogP contribution in [0.4, 0.5) is 0 Å². The van der Waals surface area contributed by atoms with Gasteiger partial charge in [-0.15, -0.1) is 24.0 Å². The lowest BCUT2D eigenvalue weighted by molar-refractivity contribution is 0.174. The Labute approximate surface area is 159 Å². The first-order valence-electron chi connectivity index (χ1n) is 7.55. The van der Waals surface area contributed by atoms with E-state index in [1.165, 1.54) is 0 Å². The highest BCUT2D eigenvalue weighted by molar-refractivity contribution is 14.0. The molecule has 5 nitrogen and oxygen atoms in total. The molecule has 2 heterocycles. The van der Waals surface area contributed by atoms with Crippen LogP contribution in [-0.2, 0) is 6.54 Å². The molecule has 2 aliphatic heterocycles. The molecule has 0 aromatic heterocycles. The van der Waals surface area contributed by atoms with Crippen molar-refractivity contribution in [2.24, 2.45) is 4.99 Å². The summed E-state index contributed by atoms with van der Waals surface area (Å²) in [6.07, 6.45) is 0. The minimum Gasteiger partial charge on any atom is -0.454 e. The minimum atomic E-state index is 0. The van der Waals surface area contributed by atoms with Crippen LogP contribution in [0, 0.1) is 0 Å². The van der Waals surface area contributed by atoms with Crippen LogP contribution in [0.2, 0.25) is 0 Å². The lowest BCUT2D eigenvalue weighted by atomic mass is 10.2. The summed E-state index contributed by atoms with van der Waals surface area (Å²) in [6.45, 7) is 7.67. The van der Waals surface area contributed by atoms with Gasteiger partial charge in [0.15, 0.2) is 17.5 Å². The third kappa shape index (κ3) is 4.59. The van der Waals surface area contributed by atoms with Crippen molar-refractivity contribution in [1.82, 2.24) is 10.2 Å². The molecule has 2 aliphatic rings. The van der Waals surface area contributed by atoms with E-state index >= 15 is 0 Å². The maximum atomic E-state index is 5.42. The number of nitrogens with one attached hydrogen (secondary N) is 1. The van der Waals surface area contributed by atoms with E-state index in [1.54, 1.807) is 0 Å². The van der Waals surface area contributed by atoms with Crippen LogP contribution in [0.15, 0.2) is 23.2 Å².